The van der Waals surface area contributed by atoms with Crippen LogP contribution in [0.25, 0.3) is 0 Å². The summed E-state index contributed by atoms with van der Waals surface area (Å²) < 4.78 is 45.6. The molecule has 1 N–H and O–H groups in total. The van der Waals surface area contributed by atoms with Crippen LogP contribution in [-0.4, -0.2) is 25.4 Å². The molecule has 4 nitrogen and oxygen atoms in total. The van der Waals surface area contributed by atoms with Gasteiger partial charge < -0.3 is 14.8 Å². The normalized spacial score (nSPS) is 11.1. The van der Waals surface area contributed by atoms with Crippen LogP contribution in [0.5, 0.6) is 11.5 Å². The molecule has 0 fully saturated rings. The Labute approximate surface area is 122 Å². The largest absolute Gasteiger partial charge is 0.573 e. The topological polar surface area (TPSA) is 47.6 Å². The van der Waals surface area contributed by atoms with Gasteiger partial charge in [-0.25, -0.2) is 0 Å². The maximum atomic E-state index is 12.1. The lowest BCUT2D eigenvalue weighted by molar-refractivity contribution is -0.274. The summed E-state index contributed by atoms with van der Waals surface area (Å²) in [7, 11) is 0. The second kappa shape index (κ2) is 7.37. The Balaban J connectivity index is 2.65. The van der Waals surface area contributed by atoms with Gasteiger partial charge in [0.1, 0.15) is 11.5 Å². The highest BCUT2D eigenvalue weighted by atomic mass is 79.9. The minimum absolute atomic E-state index is 0.0957. The molecule has 20 heavy (non-hydrogen) atoms. The molecule has 0 bridgehead atoms. The van der Waals surface area contributed by atoms with Gasteiger partial charge in [0, 0.05) is 12.6 Å². The van der Waals surface area contributed by atoms with Crippen molar-refractivity contribution in [1.29, 1.82) is 0 Å². The smallest absolute Gasteiger partial charge is 0.482 e. The highest BCUT2D eigenvalue weighted by molar-refractivity contribution is 9.10. The van der Waals surface area contributed by atoms with Gasteiger partial charge in [0.2, 0.25) is 0 Å². The fraction of sp³-hybridized carbons (Fsp3) is 0.417. The molecule has 1 amide bonds. The second-order valence-electron chi connectivity index (χ2n) is 3.78. The number of halogens is 4. The van der Waals surface area contributed by atoms with Crippen LogP contribution in [0.2, 0.25) is 0 Å². The van der Waals surface area contributed by atoms with Gasteiger partial charge in [0.25, 0.3) is 5.91 Å². The SMILES string of the molecule is CCCNC(=O)COc1cc(OC(F)(F)F)ccc1Br. The molecule has 1 aromatic carbocycles. The Kier molecular flexibility index (Phi) is 6.12. The summed E-state index contributed by atoms with van der Waals surface area (Å²) in [5, 5.41) is 2.58. The average Bonchev–Trinajstić information content (AvgIpc) is 2.35. The zero-order valence-electron chi connectivity index (χ0n) is 10.6. The molecule has 0 saturated heterocycles. The zero-order valence-corrected chi connectivity index (χ0v) is 12.2. The molecule has 0 radical (unpaired) electrons. The Morgan fingerprint density at radius 2 is 2.10 bits per heavy atom. The molecule has 0 aliphatic rings. The van der Waals surface area contributed by atoms with E-state index in [1.165, 1.54) is 6.07 Å². The molecule has 0 atom stereocenters. The summed E-state index contributed by atoms with van der Waals surface area (Å²) in [5.41, 5.74) is 0. The average molecular weight is 356 g/mol. The predicted molar refractivity (Wildman–Crippen MR) is 69.6 cm³/mol. The number of alkyl halides is 3. The van der Waals surface area contributed by atoms with Crippen LogP contribution in [0, 0.1) is 0 Å². The first kappa shape index (κ1) is 16.6. The summed E-state index contributed by atoms with van der Waals surface area (Å²) in [6, 6.07) is 3.55. The van der Waals surface area contributed by atoms with Crippen LogP contribution in [0.15, 0.2) is 22.7 Å². The third-order valence-electron chi connectivity index (χ3n) is 2.07. The second-order valence-corrected chi connectivity index (χ2v) is 4.63. The van der Waals surface area contributed by atoms with Crippen molar-refractivity contribution >= 4 is 21.8 Å². The minimum Gasteiger partial charge on any atom is -0.482 e. The Morgan fingerprint density at radius 3 is 2.70 bits per heavy atom. The van der Waals surface area contributed by atoms with Crippen molar-refractivity contribution in [2.75, 3.05) is 13.2 Å². The van der Waals surface area contributed by atoms with Crippen molar-refractivity contribution in [2.45, 2.75) is 19.7 Å². The van der Waals surface area contributed by atoms with Crippen molar-refractivity contribution < 1.29 is 27.4 Å². The van der Waals surface area contributed by atoms with E-state index >= 15 is 0 Å². The van der Waals surface area contributed by atoms with E-state index in [4.69, 9.17) is 4.74 Å². The maximum Gasteiger partial charge on any atom is 0.573 e. The third kappa shape index (κ3) is 6.14. The van der Waals surface area contributed by atoms with Crippen LogP contribution < -0.4 is 14.8 Å². The summed E-state index contributed by atoms with van der Waals surface area (Å²) in [4.78, 5) is 11.3. The molecule has 1 rings (SSSR count). The van der Waals surface area contributed by atoms with Crippen molar-refractivity contribution in [3.8, 4) is 11.5 Å². The predicted octanol–water partition coefficient (Wildman–Crippen LogP) is 3.25. The molecule has 0 saturated carbocycles. The lowest BCUT2D eigenvalue weighted by Gasteiger charge is -2.12. The number of nitrogens with one attached hydrogen (secondary N) is 1. The molecule has 0 aromatic heterocycles. The number of rotatable bonds is 6. The van der Waals surface area contributed by atoms with E-state index in [0.717, 1.165) is 18.6 Å². The van der Waals surface area contributed by atoms with Gasteiger partial charge in [0.15, 0.2) is 6.61 Å². The molecule has 8 heteroatoms. The van der Waals surface area contributed by atoms with Gasteiger partial charge in [-0.3, -0.25) is 4.79 Å². The lowest BCUT2D eigenvalue weighted by Crippen LogP contribution is -2.29. The monoisotopic (exact) mass is 355 g/mol. The Hall–Kier alpha value is -1.44. The first-order chi connectivity index (χ1) is 9.31. The van der Waals surface area contributed by atoms with Crippen molar-refractivity contribution in [2.24, 2.45) is 0 Å². The van der Waals surface area contributed by atoms with E-state index in [1.807, 2.05) is 6.92 Å². The number of hydrogen-bond donors (Lipinski definition) is 1. The molecule has 0 heterocycles. The molecule has 1 aromatic rings. The molecule has 0 aliphatic heterocycles. The third-order valence-corrected chi connectivity index (χ3v) is 2.72. The first-order valence-corrected chi connectivity index (χ1v) is 6.56. The van der Waals surface area contributed by atoms with E-state index in [2.05, 4.69) is 26.0 Å². The van der Waals surface area contributed by atoms with E-state index in [9.17, 15) is 18.0 Å². The summed E-state index contributed by atoms with van der Waals surface area (Å²) in [6.07, 6.45) is -3.99. The molecule has 0 aliphatic carbocycles. The number of benzene rings is 1. The van der Waals surface area contributed by atoms with E-state index < -0.39 is 12.1 Å². The van der Waals surface area contributed by atoms with E-state index in [1.54, 1.807) is 0 Å². The summed E-state index contributed by atoms with van der Waals surface area (Å²) >= 11 is 3.12. The number of amides is 1. The van der Waals surface area contributed by atoms with Crippen molar-refractivity contribution in [1.82, 2.24) is 5.32 Å². The fourth-order valence-electron chi connectivity index (χ4n) is 1.25. The number of carbonyl (C=O) groups excluding carboxylic acids is 1. The van der Waals surface area contributed by atoms with Crippen LogP contribution in [-0.2, 0) is 4.79 Å². The molecule has 0 unspecified atom stereocenters. The Morgan fingerprint density at radius 1 is 1.40 bits per heavy atom. The summed E-state index contributed by atoms with van der Waals surface area (Å²) in [6.45, 7) is 2.13. The van der Waals surface area contributed by atoms with Gasteiger partial charge in [-0.2, -0.15) is 0 Å². The maximum absolute atomic E-state index is 12.1. The van der Waals surface area contributed by atoms with Crippen LogP contribution >= 0.6 is 15.9 Å². The molecular formula is C12H13BrF3NO3. The number of ether oxygens (including phenoxy) is 2. The van der Waals surface area contributed by atoms with Crippen LogP contribution in [0.4, 0.5) is 13.2 Å². The highest BCUT2D eigenvalue weighted by Gasteiger charge is 2.31. The quantitative estimate of drug-likeness (QED) is 0.851. The van der Waals surface area contributed by atoms with E-state index in [-0.39, 0.29) is 18.3 Å². The van der Waals surface area contributed by atoms with Gasteiger partial charge in [-0.05, 0) is 34.5 Å². The van der Waals surface area contributed by atoms with Crippen molar-refractivity contribution in [3.63, 3.8) is 0 Å². The van der Waals surface area contributed by atoms with Crippen LogP contribution in [0.1, 0.15) is 13.3 Å². The fourth-order valence-corrected chi connectivity index (χ4v) is 1.61. The van der Waals surface area contributed by atoms with Gasteiger partial charge >= 0.3 is 6.36 Å². The minimum atomic E-state index is -4.77. The summed E-state index contributed by atoms with van der Waals surface area (Å²) in [5.74, 6) is -0.663. The molecule has 0 spiro atoms. The standard InChI is InChI=1S/C12H13BrF3NO3/c1-2-5-17-11(18)7-19-10-6-8(3-4-9(10)13)20-12(14,15)16/h3-4,6H,2,5,7H2,1H3,(H,17,18). The van der Waals surface area contributed by atoms with Gasteiger partial charge in [-0.1, -0.05) is 6.92 Å². The van der Waals surface area contributed by atoms with Gasteiger partial charge in [-0.15, -0.1) is 13.2 Å². The zero-order chi connectivity index (χ0) is 15.2. The number of hydrogen-bond acceptors (Lipinski definition) is 3. The lowest BCUT2D eigenvalue weighted by atomic mass is 10.3. The highest BCUT2D eigenvalue weighted by Crippen LogP contribution is 2.32. The molecular weight excluding hydrogens is 343 g/mol. The Bertz CT molecular complexity index is 466. The number of carbonyl (C=O) groups is 1. The van der Waals surface area contributed by atoms with Crippen LogP contribution in [0.3, 0.4) is 0 Å². The molecule has 112 valence electrons. The van der Waals surface area contributed by atoms with Crippen molar-refractivity contribution in [3.05, 3.63) is 22.7 Å². The van der Waals surface area contributed by atoms with E-state index in [0.29, 0.717) is 11.0 Å². The van der Waals surface area contributed by atoms with Gasteiger partial charge in [0.05, 0.1) is 4.47 Å². The first-order valence-electron chi connectivity index (χ1n) is 5.76.